The fraction of sp³-hybridized carbons (Fsp3) is 0.455. The van der Waals surface area contributed by atoms with E-state index >= 15 is 0 Å². The summed E-state index contributed by atoms with van der Waals surface area (Å²) >= 11 is 10.3. The summed E-state index contributed by atoms with van der Waals surface area (Å²) in [4.78, 5) is 0. The van der Waals surface area contributed by atoms with Crippen LogP contribution in [0.3, 0.4) is 0 Å². The van der Waals surface area contributed by atoms with Crippen LogP contribution in [-0.2, 0) is 15.3 Å². The molecule has 2 atom stereocenters. The number of halogens is 1. The molecule has 15 heavy (non-hydrogen) atoms. The molecule has 1 saturated heterocycles. The van der Waals surface area contributed by atoms with Gasteiger partial charge in [-0.15, -0.1) is 0 Å². The van der Waals surface area contributed by atoms with Gasteiger partial charge in [-0.05, 0) is 13.0 Å². The van der Waals surface area contributed by atoms with Crippen LogP contribution in [0.25, 0.3) is 0 Å². The van der Waals surface area contributed by atoms with Crippen LogP contribution >= 0.6 is 24.2 Å². The van der Waals surface area contributed by atoms with E-state index in [2.05, 4.69) is 12.6 Å². The number of rotatable bonds is 2. The topological polar surface area (TPSA) is 18.5 Å². The van der Waals surface area contributed by atoms with Crippen LogP contribution in [0.2, 0.25) is 5.02 Å². The van der Waals surface area contributed by atoms with Gasteiger partial charge in [-0.25, -0.2) is 0 Å². The summed E-state index contributed by atoms with van der Waals surface area (Å²) < 4.78 is 11.4. The third-order valence-corrected chi connectivity index (χ3v) is 3.24. The van der Waals surface area contributed by atoms with E-state index in [1.807, 2.05) is 31.2 Å². The number of benzene rings is 1. The third-order valence-electron chi connectivity index (χ3n) is 2.50. The molecule has 1 fully saturated rings. The maximum Gasteiger partial charge on any atom is 0.193 e. The fourth-order valence-electron chi connectivity index (χ4n) is 1.70. The van der Waals surface area contributed by atoms with Crippen molar-refractivity contribution >= 4 is 24.2 Å². The van der Waals surface area contributed by atoms with Gasteiger partial charge in [0.05, 0.1) is 12.7 Å². The minimum absolute atomic E-state index is 0.0367. The predicted molar refractivity (Wildman–Crippen MR) is 63.5 cm³/mol. The van der Waals surface area contributed by atoms with Gasteiger partial charge in [0.25, 0.3) is 0 Å². The molecule has 2 rings (SSSR count). The normalized spacial score (nSPS) is 30.7. The minimum Gasteiger partial charge on any atom is -0.343 e. The summed E-state index contributed by atoms with van der Waals surface area (Å²) in [6.45, 7) is 2.45. The summed E-state index contributed by atoms with van der Waals surface area (Å²) in [5, 5.41) is 0.666. The van der Waals surface area contributed by atoms with Crippen molar-refractivity contribution in [1.29, 1.82) is 0 Å². The van der Waals surface area contributed by atoms with Crippen LogP contribution in [0.4, 0.5) is 0 Å². The van der Waals surface area contributed by atoms with E-state index in [1.165, 1.54) is 0 Å². The fourth-order valence-corrected chi connectivity index (χ4v) is 2.19. The van der Waals surface area contributed by atoms with Crippen molar-refractivity contribution in [3.05, 3.63) is 34.9 Å². The Morgan fingerprint density at radius 2 is 2.27 bits per heavy atom. The van der Waals surface area contributed by atoms with Crippen molar-refractivity contribution in [1.82, 2.24) is 0 Å². The second-order valence-electron chi connectivity index (χ2n) is 3.66. The average molecular weight is 245 g/mol. The molecular formula is C11H13ClO2S. The van der Waals surface area contributed by atoms with Crippen LogP contribution in [0, 0.1) is 0 Å². The van der Waals surface area contributed by atoms with Gasteiger partial charge in [0.1, 0.15) is 0 Å². The van der Waals surface area contributed by atoms with E-state index in [4.69, 9.17) is 21.1 Å². The van der Waals surface area contributed by atoms with Crippen molar-refractivity contribution in [2.75, 3.05) is 12.4 Å². The second-order valence-corrected chi connectivity index (χ2v) is 4.43. The first-order valence-electron chi connectivity index (χ1n) is 4.83. The highest BCUT2D eigenvalue weighted by Gasteiger charge is 2.39. The van der Waals surface area contributed by atoms with E-state index in [1.54, 1.807) is 0 Å². The summed E-state index contributed by atoms with van der Waals surface area (Å²) in [5.74, 6) is -0.0776. The van der Waals surface area contributed by atoms with Crippen LogP contribution < -0.4 is 0 Å². The highest BCUT2D eigenvalue weighted by atomic mass is 35.5. The smallest absolute Gasteiger partial charge is 0.193 e. The van der Waals surface area contributed by atoms with Crippen molar-refractivity contribution in [3.63, 3.8) is 0 Å². The number of hydrogen-bond donors (Lipinski definition) is 1. The second kappa shape index (κ2) is 4.34. The average Bonchev–Trinajstić information content (AvgIpc) is 2.62. The maximum absolute atomic E-state index is 6.11. The third kappa shape index (κ3) is 2.16. The quantitative estimate of drug-likeness (QED) is 0.807. The summed E-state index contributed by atoms with van der Waals surface area (Å²) in [7, 11) is 0. The minimum atomic E-state index is -0.730. The van der Waals surface area contributed by atoms with Crippen LogP contribution in [0.1, 0.15) is 12.5 Å². The monoisotopic (exact) mass is 244 g/mol. The molecule has 1 aliphatic heterocycles. The van der Waals surface area contributed by atoms with E-state index < -0.39 is 5.79 Å². The van der Waals surface area contributed by atoms with Gasteiger partial charge in [0.15, 0.2) is 5.79 Å². The van der Waals surface area contributed by atoms with Gasteiger partial charge in [0.2, 0.25) is 0 Å². The Morgan fingerprint density at radius 1 is 1.53 bits per heavy atom. The Kier molecular flexibility index (Phi) is 3.26. The van der Waals surface area contributed by atoms with Gasteiger partial charge >= 0.3 is 0 Å². The standard InChI is InChI=1S/C11H13ClO2S/c1-11(13-6-8(7-15)14-11)9-4-2-3-5-10(9)12/h2-5,8,15H,6-7H2,1H3/t8-,11-/m1/s1. The zero-order chi connectivity index (χ0) is 10.9. The van der Waals surface area contributed by atoms with Gasteiger partial charge in [-0.3, -0.25) is 0 Å². The van der Waals surface area contributed by atoms with Gasteiger partial charge < -0.3 is 9.47 Å². The van der Waals surface area contributed by atoms with Crippen LogP contribution in [0.15, 0.2) is 24.3 Å². The van der Waals surface area contributed by atoms with Crippen LogP contribution in [-0.4, -0.2) is 18.5 Å². The lowest BCUT2D eigenvalue weighted by Gasteiger charge is -2.24. The van der Waals surface area contributed by atoms with Crippen molar-refractivity contribution < 1.29 is 9.47 Å². The van der Waals surface area contributed by atoms with Crippen molar-refractivity contribution in [3.8, 4) is 0 Å². The maximum atomic E-state index is 6.11. The van der Waals surface area contributed by atoms with E-state index in [0.29, 0.717) is 17.4 Å². The molecular weight excluding hydrogens is 232 g/mol. The number of ether oxygens (including phenoxy) is 2. The van der Waals surface area contributed by atoms with Gasteiger partial charge in [-0.2, -0.15) is 12.6 Å². The van der Waals surface area contributed by atoms with Gasteiger partial charge in [-0.1, -0.05) is 29.8 Å². The first-order chi connectivity index (χ1) is 7.15. The molecule has 0 unspecified atom stereocenters. The van der Waals surface area contributed by atoms with Crippen molar-refractivity contribution in [2.24, 2.45) is 0 Å². The SMILES string of the molecule is C[C@@]1(c2ccccc2Cl)OC[C@H](CS)O1. The van der Waals surface area contributed by atoms with Crippen molar-refractivity contribution in [2.45, 2.75) is 18.8 Å². The predicted octanol–water partition coefficient (Wildman–Crippen LogP) is 2.86. The lowest BCUT2D eigenvalue weighted by Crippen LogP contribution is -2.24. The molecule has 0 radical (unpaired) electrons. The molecule has 0 N–H and O–H groups in total. The van der Waals surface area contributed by atoms with E-state index in [9.17, 15) is 0 Å². The number of thiol groups is 1. The molecule has 0 amide bonds. The molecule has 4 heteroatoms. The van der Waals surface area contributed by atoms with Gasteiger partial charge in [0, 0.05) is 16.3 Å². The molecule has 0 bridgehead atoms. The highest BCUT2D eigenvalue weighted by molar-refractivity contribution is 7.80. The summed E-state index contributed by atoms with van der Waals surface area (Å²) in [5.41, 5.74) is 0.871. The molecule has 0 spiro atoms. The lowest BCUT2D eigenvalue weighted by molar-refractivity contribution is -0.159. The first-order valence-corrected chi connectivity index (χ1v) is 5.84. The Balaban J connectivity index is 2.27. The molecule has 82 valence electrons. The molecule has 1 heterocycles. The first kappa shape index (κ1) is 11.3. The van der Waals surface area contributed by atoms with Crippen LogP contribution in [0.5, 0.6) is 0 Å². The molecule has 0 aromatic heterocycles. The summed E-state index contributed by atoms with van der Waals surface area (Å²) in [6.07, 6.45) is 0.0367. The Labute approximate surface area is 99.9 Å². The molecule has 1 aliphatic rings. The molecule has 1 aromatic rings. The lowest BCUT2D eigenvalue weighted by atomic mass is 10.1. The largest absolute Gasteiger partial charge is 0.343 e. The highest BCUT2D eigenvalue weighted by Crippen LogP contribution is 2.37. The number of hydrogen-bond acceptors (Lipinski definition) is 3. The Bertz CT molecular complexity index is 358. The summed E-state index contributed by atoms with van der Waals surface area (Å²) in [6, 6.07) is 7.57. The van der Waals surface area contributed by atoms with E-state index in [0.717, 1.165) is 5.56 Å². The zero-order valence-electron chi connectivity index (χ0n) is 8.44. The zero-order valence-corrected chi connectivity index (χ0v) is 10.1. The molecule has 1 aromatic carbocycles. The Morgan fingerprint density at radius 3 is 2.87 bits per heavy atom. The molecule has 0 saturated carbocycles. The molecule has 0 aliphatic carbocycles. The Hall–Kier alpha value is -0.220. The van der Waals surface area contributed by atoms with E-state index in [-0.39, 0.29) is 6.10 Å². The molecule has 2 nitrogen and oxygen atoms in total.